The van der Waals surface area contributed by atoms with Gasteiger partial charge in [-0.05, 0) is 18.9 Å². The molecule has 20 heavy (non-hydrogen) atoms. The fourth-order valence-electron chi connectivity index (χ4n) is 2.84. The molecular weight excluding hydrogens is 264 g/mol. The molecule has 2 fully saturated rings. The predicted octanol–water partition coefficient (Wildman–Crippen LogP) is 0.398. The zero-order valence-corrected chi connectivity index (χ0v) is 11.8. The van der Waals surface area contributed by atoms with Crippen LogP contribution in [-0.2, 0) is 14.3 Å². The van der Waals surface area contributed by atoms with Crippen molar-refractivity contribution < 1.29 is 24.2 Å². The number of carbonyl (C=O) groups is 3. The first-order chi connectivity index (χ1) is 9.36. The third-order valence-corrected chi connectivity index (χ3v) is 4.33. The van der Waals surface area contributed by atoms with Crippen LogP contribution in [0.25, 0.3) is 0 Å². The first-order valence-electron chi connectivity index (χ1n) is 6.79. The molecule has 0 aromatic heterocycles. The van der Waals surface area contributed by atoms with Crippen LogP contribution in [0, 0.1) is 11.3 Å². The number of carboxylic acids is 1. The van der Waals surface area contributed by atoms with Crippen LogP contribution < -0.4 is 0 Å². The number of aliphatic carboxylic acids is 1. The quantitative estimate of drug-likeness (QED) is 0.804. The van der Waals surface area contributed by atoms with E-state index in [1.165, 1.54) is 0 Å². The molecule has 7 nitrogen and oxygen atoms in total. The highest BCUT2D eigenvalue weighted by molar-refractivity contribution is 5.94. The number of hydrogen-bond acceptors (Lipinski definition) is 5. The number of imide groups is 1. The number of amides is 2. The standard InChI is InChI=1S/C13H20N2O5/c1-9(2)13(11(17)18)3-4-14(8-13)7-10(16)15-5-6-20-12(15)19/h9H,3-8H2,1-2H3,(H,17,18). The number of hydrogen-bond donors (Lipinski definition) is 1. The van der Waals surface area contributed by atoms with Crippen LogP contribution in [0.5, 0.6) is 0 Å². The maximum absolute atomic E-state index is 12.0. The van der Waals surface area contributed by atoms with Crippen LogP contribution in [0.3, 0.4) is 0 Å². The van der Waals surface area contributed by atoms with Crippen LogP contribution in [0.4, 0.5) is 4.79 Å². The Labute approximate surface area is 117 Å². The van der Waals surface area contributed by atoms with Crippen LogP contribution in [0.2, 0.25) is 0 Å². The molecule has 0 radical (unpaired) electrons. The van der Waals surface area contributed by atoms with Crippen molar-refractivity contribution in [3.63, 3.8) is 0 Å². The van der Waals surface area contributed by atoms with Crippen molar-refractivity contribution in [2.75, 3.05) is 32.8 Å². The summed E-state index contributed by atoms with van der Waals surface area (Å²) in [6, 6.07) is 0. The molecule has 0 spiro atoms. The van der Waals surface area contributed by atoms with Gasteiger partial charge < -0.3 is 9.84 Å². The molecule has 0 bridgehead atoms. The monoisotopic (exact) mass is 284 g/mol. The zero-order chi connectivity index (χ0) is 14.9. The second-order valence-electron chi connectivity index (χ2n) is 5.74. The fraction of sp³-hybridized carbons (Fsp3) is 0.769. The van der Waals surface area contributed by atoms with E-state index in [4.69, 9.17) is 4.74 Å². The second-order valence-corrected chi connectivity index (χ2v) is 5.74. The third kappa shape index (κ3) is 2.49. The van der Waals surface area contributed by atoms with Gasteiger partial charge in [0.05, 0.1) is 18.5 Å². The molecule has 0 aromatic carbocycles. The third-order valence-electron chi connectivity index (χ3n) is 4.33. The molecule has 112 valence electrons. The Bertz CT molecular complexity index is 436. The number of rotatable bonds is 4. The van der Waals surface area contributed by atoms with Crippen molar-refractivity contribution in [3.05, 3.63) is 0 Å². The van der Waals surface area contributed by atoms with E-state index in [0.29, 0.717) is 19.5 Å². The summed E-state index contributed by atoms with van der Waals surface area (Å²) in [5, 5.41) is 9.44. The zero-order valence-electron chi connectivity index (χ0n) is 11.8. The second kappa shape index (κ2) is 5.40. The molecule has 0 saturated carbocycles. The van der Waals surface area contributed by atoms with Crippen molar-refractivity contribution in [2.24, 2.45) is 11.3 Å². The molecule has 2 aliphatic heterocycles. The van der Waals surface area contributed by atoms with Crippen LogP contribution in [0.15, 0.2) is 0 Å². The Morgan fingerprint density at radius 1 is 1.40 bits per heavy atom. The lowest BCUT2D eigenvalue weighted by molar-refractivity contribution is -0.151. The van der Waals surface area contributed by atoms with Gasteiger partial charge in [0.1, 0.15) is 6.61 Å². The minimum atomic E-state index is -0.817. The number of carboxylic acid groups (broad SMARTS) is 1. The average molecular weight is 284 g/mol. The van der Waals surface area contributed by atoms with Gasteiger partial charge in [0.25, 0.3) is 0 Å². The molecule has 0 aliphatic carbocycles. The minimum Gasteiger partial charge on any atom is -0.481 e. The van der Waals surface area contributed by atoms with E-state index < -0.39 is 17.5 Å². The van der Waals surface area contributed by atoms with Gasteiger partial charge in [-0.1, -0.05) is 13.8 Å². The van der Waals surface area contributed by atoms with Crippen molar-refractivity contribution in [3.8, 4) is 0 Å². The average Bonchev–Trinajstić information content (AvgIpc) is 2.96. The van der Waals surface area contributed by atoms with E-state index in [1.54, 1.807) is 0 Å². The summed E-state index contributed by atoms with van der Waals surface area (Å²) in [7, 11) is 0. The summed E-state index contributed by atoms with van der Waals surface area (Å²) in [6.07, 6.45) is -0.0832. The SMILES string of the molecule is CC(C)C1(C(=O)O)CCN(CC(=O)N2CCOC2=O)C1. The molecule has 7 heteroatoms. The molecule has 0 aromatic rings. The van der Waals surface area contributed by atoms with Crippen LogP contribution in [-0.4, -0.2) is 65.7 Å². The Balaban J connectivity index is 1.97. The number of carbonyl (C=O) groups excluding carboxylic acids is 2. The van der Waals surface area contributed by atoms with E-state index in [2.05, 4.69) is 0 Å². The van der Waals surface area contributed by atoms with Gasteiger partial charge in [0.15, 0.2) is 0 Å². The maximum atomic E-state index is 12.0. The summed E-state index contributed by atoms with van der Waals surface area (Å²) in [5.41, 5.74) is -0.800. The summed E-state index contributed by atoms with van der Waals surface area (Å²) in [6.45, 7) is 5.24. The summed E-state index contributed by atoms with van der Waals surface area (Å²) < 4.78 is 4.72. The van der Waals surface area contributed by atoms with Crippen molar-refractivity contribution in [1.29, 1.82) is 0 Å². The highest BCUT2D eigenvalue weighted by Crippen LogP contribution is 2.38. The molecule has 2 heterocycles. The summed E-state index contributed by atoms with van der Waals surface area (Å²) in [4.78, 5) is 37.7. The maximum Gasteiger partial charge on any atom is 0.416 e. The largest absolute Gasteiger partial charge is 0.481 e. The van der Waals surface area contributed by atoms with Crippen molar-refractivity contribution in [2.45, 2.75) is 20.3 Å². The molecule has 1 N–H and O–H groups in total. The smallest absolute Gasteiger partial charge is 0.416 e. The molecule has 2 amide bonds. The fourth-order valence-corrected chi connectivity index (χ4v) is 2.84. The van der Waals surface area contributed by atoms with Gasteiger partial charge in [-0.15, -0.1) is 0 Å². The van der Waals surface area contributed by atoms with E-state index in [0.717, 1.165) is 4.90 Å². The lowest BCUT2D eigenvalue weighted by Gasteiger charge is -2.28. The lowest BCUT2D eigenvalue weighted by Crippen LogP contribution is -2.43. The van der Waals surface area contributed by atoms with Gasteiger partial charge >= 0.3 is 12.1 Å². The number of likely N-dealkylation sites (tertiary alicyclic amines) is 1. The highest BCUT2D eigenvalue weighted by atomic mass is 16.6. The van der Waals surface area contributed by atoms with Gasteiger partial charge in [-0.2, -0.15) is 0 Å². The van der Waals surface area contributed by atoms with E-state index in [-0.39, 0.29) is 31.5 Å². The summed E-state index contributed by atoms with van der Waals surface area (Å²) >= 11 is 0. The molecule has 2 aliphatic rings. The highest BCUT2D eigenvalue weighted by Gasteiger charge is 2.47. The number of ether oxygens (including phenoxy) is 1. The Morgan fingerprint density at radius 3 is 2.55 bits per heavy atom. The van der Waals surface area contributed by atoms with E-state index in [9.17, 15) is 19.5 Å². The Morgan fingerprint density at radius 2 is 2.10 bits per heavy atom. The van der Waals surface area contributed by atoms with Crippen LogP contribution in [0.1, 0.15) is 20.3 Å². The van der Waals surface area contributed by atoms with Gasteiger partial charge in [-0.25, -0.2) is 9.69 Å². The summed E-state index contributed by atoms with van der Waals surface area (Å²) in [5.74, 6) is -1.14. The van der Waals surface area contributed by atoms with Crippen LogP contribution >= 0.6 is 0 Å². The molecule has 2 saturated heterocycles. The van der Waals surface area contributed by atoms with Gasteiger partial charge in [0.2, 0.25) is 5.91 Å². The van der Waals surface area contributed by atoms with Gasteiger partial charge in [-0.3, -0.25) is 14.5 Å². The predicted molar refractivity (Wildman–Crippen MR) is 69.0 cm³/mol. The first kappa shape index (κ1) is 14.8. The topological polar surface area (TPSA) is 87.2 Å². The normalized spacial score (nSPS) is 27.1. The Kier molecular flexibility index (Phi) is 3.99. The number of cyclic esters (lactones) is 1. The van der Waals surface area contributed by atoms with Crippen molar-refractivity contribution >= 4 is 18.0 Å². The Hall–Kier alpha value is -1.63. The molecule has 1 atom stereocenters. The van der Waals surface area contributed by atoms with Gasteiger partial charge in [0, 0.05) is 6.54 Å². The first-order valence-corrected chi connectivity index (χ1v) is 6.79. The van der Waals surface area contributed by atoms with Crippen molar-refractivity contribution in [1.82, 2.24) is 9.80 Å². The van der Waals surface area contributed by atoms with E-state index in [1.807, 2.05) is 18.7 Å². The molecular formula is C13H20N2O5. The minimum absolute atomic E-state index is 0.00291. The lowest BCUT2D eigenvalue weighted by atomic mass is 9.76. The van der Waals surface area contributed by atoms with E-state index >= 15 is 0 Å². The number of nitrogens with zero attached hydrogens (tertiary/aromatic N) is 2. The molecule has 2 rings (SSSR count). The molecule has 1 unspecified atom stereocenters.